The van der Waals surface area contributed by atoms with Gasteiger partial charge in [0.05, 0.1) is 38.1 Å². The molecule has 0 aromatic heterocycles. The third kappa shape index (κ3) is 6.09. The number of carbonyl (C=O) groups excluding carboxylic acids is 3. The molecule has 138 valence electrons. The van der Waals surface area contributed by atoms with Gasteiger partial charge in [-0.25, -0.2) is 0 Å². The Bertz CT molecular complexity index is 430. The van der Waals surface area contributed by atoms with Crippen LogP contribution in [0.5, 0.6) is 0 Å². The summed E-state index contributed by atoms with van der Waals surface area (Å²) in [7, 11) is 0. The van der Waals surface area contributed by atoms with Crippen molar-refractivity contribution in [3.63, 3.8) is 0 Å². The molecule has 0 aromatic carbocycles. The maximum Gasteiger partial charge on any atom is 0.310 e. The van der Waals surface area contributed by atoms with E-state index in [0.717, 1.165) is 0 Å². The summed E-state index contributed by atoms with van der Waals surface area (Å²) in [4.78, 5) is 36.4. The Labute approximate surface area is 141 Å². The van der Waals surface area contributed by atoms with Crippen LogP contribution in [0.1, 0.15) is 40.5 Å². The number of hydrogen-bond donors (Lipinski definition) is 0. The van der Waals surface area contributed by atoms with Gasteiger partial charge in [-0.2, -0.15) is 0 Å². The van der Waals surface area contributed by atoms with Crippen LogP contribution in [-0.2, 0) is 38.1 Å². The van der Waals surface area contributed by atoms with Gasteiger partial charge in [-0.05, 0) is 27.7 Å². The Balaban J connectivity index is 2.90. The molecule has 1 saturated heterocycles. The van der Waals surface area contributed by atoms with Gasteiger partial charge in [-0.15, -0.1) is 0 Å². The van der Waals surface area contributed by atoms with Crippen LogP contribution in [0.3, 0.4) is 0 Å². The molecule has 0 amide bonds. The Hall–Kier alpha value is -1.67. The van der Waals surface area contributed by atoms with Crippen LogP contribution in [-0.4, -0.2) is 50.3 Å². The highest BCUT2D eigenvalue weighted by molar-refractivity contribution is 5.86. The van der Waals surface area contributed by atoms with Crippen molar-refractivity contribution < 1.29 is 38.1 Å². The van der Waals surface area contributed by atoms with E-state index in [1.165, 1.54) is 0 Å². The van der Waals surface area contributed by atoms with E-state index in [4.69, 9.17) is 23.7 Å². The minimum absolute atomic E-state index is 0.103. The minimum atomic E-state index is -1.01. The lowest BCUT2D eigenvalue weighted by Crippen LogP contribution is -2.44. The van der Waals surface area contributed by atoms with E-state index in [2.05, 4.69) is 0 Å². The molecule has 0 bridgehead atoms. The molecule has 1 heterocycles. The van der Waals surface area contributed by atoms with Crippen molar-refractivity contribution in [1.82, 2.24) is 0 Å². The van der Waals surface area contributed by atoms with E-state index in [0.29, 0.717) is 0 Å². The fraction of sp³-hybridized carbons (Fsp3) is 0.812. The van der Waals surface area contributed by atoms with Gasteiger partial charge in [0.1, 0.15) is 0 Å². The molecular weight excluding hydrogens is 320 g/mol. The quantitative estimate of drug-likeness (QED) is 0.432. The highest BCUT2D eigenvalue weighted by Gasteiger charge is 2.42. The number of esters is 3. The molecule has 0 radical (unpaired) electrons. The van der Waals surface area contributed by atoms with Crippen LogP contribution >= 0.6 is 0 Å². The first-order valence-corrected chi connectivity index (χ1v) is 8.22. The maximum atomic E-state index is 12.3. The Morgan fingerprint density at radius 2 is 1.38 bits per heavy atom. The van der Waals surface area contributed by atoms with E-state index in [9.17, 15) is 14.4 Å². The van der Waals surface area contributed by atoms with Gasteiger partial charge in [-0.1, -0.05) is 0 Å². The number of rotatable bonds is 10. The van der Waals surface area contributed by atoms with Crippen LogP contribution in [0.15, 0.2) is 0 Å². The molecule has 8 nitrogen and oxygen atoms in total. The summed E-state index contributed by atoms with van der Waals surface area (Å²) in [6, 6.07) is 0. The Morgan fingerprint density at radius 3 is 1.83 bits per heavy atom. The molecule has 8 heteroatoms. The Morgan fingerprint density at radius 1 is 0.875 bits per heavy atom. The molecule has 1 fully saturated rings. The monoisotopic (exact) mass is 346 g/mol. The standard InChI is InChI=1S/C16H26O8/c1-5-20-13(17)8-11(15(18)21-6-2)12(16(19)22-7-3)9-14-23-10(4)24-14/h10-12,14H,5-9H2,1-4H3. The Kier molecular flexibility index (Phi) is 8.70. The molecule has 1 rings (SSSR count). The summed E-state index contributed by atoms with van der Waals surface area (Å²) in [5, 5.41) is 0. The first-order valence-electron chi connectivity index (χ1n) is 8.22. The molecule has 1 aliphatic heterocycles. The summed E-state index contributed by atoms with van der Waals surface area (Å²) < 4.78 is 25.6. The predicted octanol–water partition coefficient (Wildman–Crippen LogP) is 1.41. The SMILES string of the molecule is CCOC(=O)CC(C(=O)OCC)C(CC1OC(C)O1)C(=O)OCC. The molecule has 0 aromatic rings. The second-order valence-corrected chi connectivity index (χ2v) is 5.23. The highest BCUT2D eigenvalue weighted by atomic mass is 16.9. The molecule has 2 unspecified atom stereocenters. The van der Waals surface area contributed by atoms with Crippen molar-refractivity contribution in [3.8, 4) is 0 Å². The molecule has 0 spiro atoms. The molecule has 2 atom stereocenters. The normalized spacial score (nSPS) is 22.0. The minimum Gasteiger partial charge on any atom is -0.466 e. The summed E-state index contributed by atoms with van der Waals surface area (Å²) in [6.45, 7) is 7.19. The molecular formula is C16H26O8. The molecule has 0 aliphatic carbocycles. The van der Waals surface area contributed by atoms with Gasteiger partial charge in [0, 0.05) is 6.42 Å². The third-order valence-electron chi connectivity index (χ3n) is 3.49. The lowest BCUT2D eigenvalue weighted by atomic mass is 9.86. The van der Waals surface area contributed by atoms with Gasteiger partial charge >= 0.3 is 17.9 Å². The van der Waals surface area contributed by atoms with Gasteiger partial charge in [0.15, 0.2) is 12.6 Å². The van der Waals surface area contributed by atoms with E-state index < -0.39 is 36.0 Å². The van der Waals surface area contributed by atoms with Crippen molar-refractivity contribution in [1.29, 1.82) is 0 Å². The zero-order chi connectivity index (χ0) is 18.1. The number of carbonyl (C=O) groups is 3. The van der Waals surface area contributed by atoms with Crippen molar-refractivity contribution in [2.45, 2.75) is 53.1 Å². The smallest absolute Gasteiger partial charge is 0.310 e. The predicted molar refractivity (Wildman–Crippen MR) is 81.5 cm³/mol. The van der Waals surface area contributed by atoms with Crippen molar-refractivity contribution in [2.75, 3.05) is 19.8 Å². The van der Waals surface area contributed by atoms with Gasteiger partial charge in [0.2, 0.25) is 0 Å². The van der Waals surface area contributed by atoms with Gasteiger partial charge in [0.25, 0.3) is 0 Å². The second kappa shape index (κ2) is 10.2. The third-order valence-corrected chi connectivity index (χ3v) is 3.49. The van der Waals surface area contributed by atoms with Gasteiger partial charge < -0.3 is 23.7 Å². The maximum absolute atomic E-state index is 12.3. The average molecular weight is 346 g/mol. The lowest BCUT2D eigenvalue weighted by molar-refractivity contribution is -0.380. The zero-order valence-corrected chi connectivity index (χ0v) is 14.6. The molecule has 1 aliphatic rings. The van der Waals surface area contributed by atoms with Crippen LogP contribution < -0.4 is 0 Å². The summed E-state index contributed by atoms with van der Waals surface area (Å²) in [5.74, 6) is -3.73. The van der Waals surface area contributed by atoms with E-state index in [-0.39, 0.29) is 39.0 Å². The van der Waals surface area contributed by atoms with E-state index in [1.807, 2.05) is 0 Å². The first kappa shape index (κ1) is 20.4. The molecule has 24 heavy (non-hydrogen) atoms. The lowest BCUT2D eigenvalue weighted by Gasteiger charge is -2.36. The summed E-state index contributed by atoms with van der Waals surface area (Å²) in [6.07, 6.45) is -1.14. The van der Waals surface area contributed by atoms with Crippen LogP contribution in [0, 0.1) is 11.8 Å². The largest absolute Gasteiger partial charge is 0.466 e. The van der Waals surface area contributed by atoms with Crippen LogP contribution in [0.2, 0.25) is 0 Å². The summed E-state index contributed by atoms with van der Waals surface area (Å²) >= 11 is 0. The summed E-state index contributed by atoms with van der Waals surface area (Å²) in [5.41, 5.74) is 0. The fourth-order valence-electron chi connectivity index (χ4n) is 2.47. The number of hydrogen-bond acceptors (Lipinski definition) is 8. The van der Waals surface area contributed by atoms with Crippen molar-refractivity contribution >= 4 is 17.9 Å². The molecule has 0 N–H and O–H groups in total. The first-order chi connectivity index (χ1) is 11.4. The topological polar surface area (TPSA) is 97.4 Å². The average Bonchev–Trinajstić information content (AvgIpc) is 2.49. The van der Waals surface area contributed by atoms with Gasteiger partial charge in [-0.3, -0.25) is 14.4 Å². The highest BCUT2D eigenvalue weighted by Crippen LogP contribution is 2.30. The second-order valence-electron chi connectivity index (χ2n) is 5.23. The molecule has 0 saturated carbocycles. The fourth-order valence-corrected chi connectivity index (χ4v) is 2.47. The van der Waals surface area contributed by atoms with Crippen molar-refractivity contribution in [3.05, 3.63) is 0 Å². The van der Waals surface area contributed by atoms with Crippen LogP contribution in [0.4, 0.5) is 0 Å². The van der Waals surface area contributed by atoms with Crippen molar-refractivity contribution in [2.24, 2.45) is 11.8 Å². The van der Waals surface area contributed by atoms with Crippen LogP contribution in [0.25, 0.3) is 0 Å². The van der Waals surface area contributed by atoms with E-state index >= 15 is 0 Å². The number of ether oxygens (including phenoxy) is 5. The zero-order valence-electron chi connectivity index (χ0n) is 14.6. The van der Waals surface area contributed by atoms with E-state index in [1.54, 1.807) is 27.7 Å².